The van der Waals surface area contributed by atoms with E-state index in [1.165, 1.54) is 10.4 Å². The van der Waals surface area contributed by atoms with Crippen molar-refractivity contribution in [1.29, 1.82) is 0 Å². The van der Waals surface area contributed by atoms with E-state index in [0.29, 0.717) is 24.6 Å². The van der Waals surface area contributed by atoms with Gasteiger partial charge in [-0.15, -0.1) is 11.3 Å². The summed E-state index contributed by atoms with van der Waals surface area (Å²) < 4.78 is 12.4. The van der Waals surface area contributed by atoms with Crippen LogP contribution in [-0.4, -0.2) is 39.6 Å². The Hall–Kier alpha value is -1.24. The van der Waals surface area contributed by atoms with Gasteiger partial charge in [-0.25, -0.2) is 0 Å². The van der Waals surface area contributed by atoms with E-state index in [2.05, 4.69) is 34.1 Å². The van der Waals surface area contributed by atoms with Crippen LogP contribution in [0, 0.1) is 0 Å². The highest BCUT2D eigenvalue weighted by Gasteiger charge is 2.17. The van der Waals surface area contributed by atoms with E-state index in [1.54, 1.807) is 22.3 Å². The number of thiophene rings is 1. The van der Waals surface area contributed by atoms with Gasteiger partial charge in [-0.1, -0.05) is 28.1 Å². The summed E-state index contributed by atoms with van der Waals surface area (Å²) in [6.07, 6.45) is 3.48. The van der Waals surface area contributed by atoms with E-state index in [-0.39, 0.29) is 5.91 Å². The molecular weight excluding hydrogens is 394 g/mol. The Morgan fingerprint density at radius 3 is 2.52 bits per heavy atom. The van der Waals surface area contributed by atoms with Gasteiger partial charge in [0.05, 0.1) is 0 Å². The van der Waals surface area contributed by atoms with Gasteiger partial charge in [-0.05, 0) is 35.9 Å². The number of halogens is 1. The molecule has 2 heterocycles. The number of benzene rings is 1. The maximum atomic E-state index is 12.1. The molecule has 120 valence electrons. The van der Waals surface area contributed by atoms with Crippen molar-refractivity contribution in [2.24, 2.45) is 0 Å². The Bertz CT molecular complexity index is 742. The van der Waals surface area contributed by atoms with Gasteiger partial charge in [-0.2, -0.15) is 0 Å². The SMILES string of the molecule is O=C(/C=C/c1ccc(-c2ccc(Br)cc2)s1)N1CCS(=O)CC1. The number of nitrogens with zero attached hydrogens (tertiary/aromatic N) is 1. The summed E-state index contributed by atoms with van der Waals surface area (Å²) in [5.41, 5.74) is 1.17. The summed E-state index contributed by atoms with van der Waals surface area (Å²) in [6.45, 7) is 1.18. The van der Waals surface area contributed by atoms with E-state index < -0.39 is 10.8 Å². The maximum Gasteiger partial charge on any atom is 0.246 e. The molecule has 23 heavy (non-hydrogen) atoms. The molecule has 0 spiro atoms. The molecule has 0 atom stereocenters. The Kier molecular flexibility index (Phi) is 5.46. The predicted octanol–water partition coefficient (Wildman–Crippen LogP) is 3.78. The summed E-state index contributed by atoms with van der Waals surface area (Å²) in [7, 11) is -0.756. The monoisotopic (exact) mass is 409 g/mol. The number of rotatable bonds is 3. The van der Waals surface area contributed by atoms with E-state index in [4.69, 9.17) is 0 Å². The van der Waals surface area contributed by atoms with Gasteiger partial charge in [0.2, 0.25) is 5.91 Å². The minimum Gasteiger partial charge on any atom is -0.337 e. The first-order valence-electron chi connectivity index (χ1n) is 7.29. The Balaban J connectivity index is 1.65. The number of hydrogen-bond acceptors (Lipinski definition) is 3. The molecule has 0 aliphatic carbocycles. The lowest BCUT2D eigenvalue weighted by molar-refractivity contribution is -0.125. The van der Waals surface area contributed by atoms with Gasteiger partial charge < -0.3 is 4.90 Å². The van der Waals surface area contributed by atoms with Crippen molar-refractivity contribution < 1.29 is 9.00 Å². The van der Waals surface area contributed by atoms with Crippen LogP contribution in [0.5, 0.6) is 0 Å². The summed E-state index contributed by atoms with van der Waals surface area (Å²) >= 11 is 5.10. The average Bonchev–Trinajstić information content (AvgIpc) is 3.03. The topological polar surface area (TPSA) is 37.4 Å². The van der Waals surface area contributed by atoms with Crippen molar-refractivity contribution >= 4 is 50.0 Å². The highest BCUT2D eigenvalue weighted by Crippen LogP contribution is 2.29. The first-order chi connectivity index (χ1) is 11.1. The van der Waals surface area contributed by atoms with E-state index >= 15 is 0 Å². The number of amides is 1. The van der Waals surface area contributed by atoms with Crippen molar-refractivity contribution in [2.75, 3.05) is 24.6 Å². The minimum atomic E-state index is -0.756. The standard InChI is InChI=1S/C17H16BrNO2S2/c18-14-3-1-13(2-4-14)16-7-5-15(22-16)6-8-17(20)19-9-11-23(21)12-10-19/h1-8H,9-12H2/b8-6+. The summed E-state index contributed by atoms with van der Waals surface area (Å²) in [5.74, 6) is 1.18. The lowest BCUT2D eigenvalue weighted by Gasteiger charge is -2.24. The van der Waals surface area contributed by atoms with Crippen molar-refractivity contribution in [3.63, 3.8) is 0 Å². The Morgan fingerprint density at radius 2 is 1.83 bits per heavy atom. The second-order valence-electron chi connectivity index (χ2n) is 5.22. The third kappa shape index (κ3) is 4.40. The number of carbonyl (C=O) groups excluding carboxylic acids is 1. The molecule has 0 radical (unpaired) electrons. The minimum absolute atomic E-state index is 0.000270. The zero-order chi connectivity index (χ0) is 16.2. The molecule has 1 aliphatic heterocycles. The fourth-order valence-electron chi connectivity index (χ4n) is 2.33. The number of carbonyl (C=O) groups is 1. The molecule has 0 unspecified atom stereocenters. The van der Waals surface area contributed by atoms with Crippen LogP contribution in [-0.2, 0) is 15.6 Å². The zero-order valence-corrected chi connectivity index (χ0v) is 15.6. The van der Waals surface area contributed by atoms with Gasteiger partial charge in [0, 0.05) is 55.7 Å². The molecule has 1 aliphatic rings. The molecule has 2 aromatic rings. The third-order valence-corrected chi connectivity index (χ3v) is 6.54. The molecule has 6 heteroatoms. The third-order valence-electron chi connectivity index (χ3n) is 3.64. The van der Waals surface area contributed by atoms with Crippen molar-refractivity contribution in [3.05, 3.63) is 51.8 Å². The van der Waals surface area contributed by atoms with Gasteiger partial charge >= 0.3 is 0 Å². The lowest BCUT2D eigenvalue weighted by atomic mass is 10.2. The fourth-order valence-corrected chi connectivity index (χ4v) is 4.56. The molecule has 1 aromatic carbocycles. The summed E-state index contributed by atoms with van der Waals surface area (Å²) in [6, 6.07) is 12.3. The van der Waals surface area contributed by atoms with Crippen LogP contribution in [0.25, 0.3) is 16.5 Å². The zero-order valence-electron chi connectivity index (χ0n) is 12.4. The molecule has 3 rings (SSSR count). The molecule has 0 N–H and O–H groups in total. The van der Waals surface area contributed by atoms with E-state index in [9.17, 15) is 9.00 Å². The molecule has 1 amide bonds. The fraction of sp³-hybridized carbons (Fsp3) is 0.235. The summed E-state index contributed by atoms with van der Waals surface area (Å²) in [5, 5.41) is 0. The van der Waals surface area contributed by atoms with Crippen LogP contribution in [0.3, 0.4) is 0 Å². The van der Waals surface area contributed by atoms with E-state index in [0.717, 1.165) is 9.35 Å². The molecule has 1 fully saturated rings. The average molecular weight is 410 g/mol. The smallest absolute Gasteiger partial charge is 0.246 e. The molecule has 3 nitrogen and oxygen atoms in total. The van der Waals surface area contributed by atoms with Crippen LogP contribution in [0.15, 0.2) is 46.9 Å². The molecular formula is C17H16BrNO2S2. The van der Waals surface area contributed by atoms with Crippen LogP contribution in [0.4, 0.5) is 0 Å². The predicted molar refractivity (Wildman–Crippen MR) is 101 cm³/mol. The normalized spacial score (nSPS) is 16.1. The number of hydrogen-bond donors (Lipinski definition) is 0. The summed E-state index contributed by atoms with van der Waals surface area (Å²) in [4.78, 5) is 16.1. The first kappa shape index (κ1) is 16.6. The second-order valence-corrected chi connectivity index (χ2v) is 8.94. The van der Waals surface area contributed by atoms with E-state index in [1.807, 2.05) is 24.3 Å². The van der Waals surface area contributed by atoms with Gasteiger partial charge in [0.25, 0.3) is 0 Å². The highest BCUT2D eigenvalue weighted by molar-refractivity contribution is 9.10. The largest absolute Gasteiger partial charge is 0.337 e. The highest BCUT2D eigenvalue weighted by atomic mass is 79.9. The quantitative estimate of drug-likeness (QED) is 0.723. The molecule has 1 aromatic heterocycles. The van der Waals surface area contributed by atoms with Gasteiger partial charge in [-0.3, -0.25) is 9.00 Å². The molecule has 0 saturated carbocycles. The maximum absolute atomic E-state index is 12.1. The Labute approximate surface area is 150 Å². The van der Waals surface area contributed by atoms with Gasteiger partial charge in [0.15, 0.2) is 0 Å². The first-order valence-corrected chi connectivity index (χ1v) is 10.4. The Morgan fingerprint density at radius 1 is 1.13 bits per heavy atom. The van der Waals surface area contributed by atoms with Crippen molar-refractivity contribution in [3.8, 4) is 10.4 Å². The molecule has 0 bridgehead atoms. The van der Waals surface area contributed by atoms with Crippen LogP contribution < -0.4 is 0 Å². The van der Waals surface area contributed by atoms with Crippen molar-refractivity contribution in [1.82, 2.24) is 4.90 Å². The van der Waals surface area contributed by atoms with Crippen LogP contribution in [0.1, 0.15) is 4.88 Å². The van der Waals surface area contributed by atoms with Gasteiger partial charge in [0.1, 0.15) is 0 Å². The van der Waals surface area contributed by atoms with Crippen molar-refractivity contribution in [2.45, 2.75) is 0 Å². The lowest BCUT2D eigenvalue weighted by Crippen LogP contribution is -2.40. The van der Waals surface area contributed by atoms with Crippen LogP contribution in [0.2, 0.25) is 0 Å². The molecule has 1 saturated heterocycles. The second kappa shape index (κ2) is 7.55. The van der Waals surface area contributed by atoms with Crippen LogP contribution >= 0.6 is 27.3 Å².